The molecule has 0 aliphatic carbocycles. The predicted molar refractivity (Wildman–Crippen MR) is 121 cm³/mol. The van der Waals surface area contributed by atoms with Crippen molar-refractivity contribution in [2.24, 2.45) is 5.16 Å². The molecule has 0 saturated carbocycles. The van der Waals surface area contributed by atoms with Crippen LogP contribution in [0.3, 0.4) is 0 Å². The second-order valence-electron chi connectivity index (χ2n) is 7.42. The Morgan fingerprint density at radius 3 is 2.86 bits per heavy atom. The summed E-state index contributed by atoms with van der Waals surface area (Å²) in [7, 11) is 0. The van der Waals surface area contributed by atoms with Crippen molar-refractivity contribution in [1.82, 2.24) is 24.3 Å². The Kier molecular flexibility index (Phi) is 7.36. The van der Waals surface area contributed by atoms with Gasteiger partial charge >= 0.3 is 0 Å². The first kappa shape index (κ1) is 25.3. The number of thioether (sulfide) groups is 1. The van der Waals surface area contributed by atoms with Crippen LogP contribution in [-0.4, -0.2) is 78.2 Å². The number of oxime groups is 1. The summed E-state index contributed by atoms with van der Waals surface area (Å²) in [5.74, 6) is -2.82. The SMILES string of the molecule is Nc1nc(C(=NOCF)C(=O)N[C@@H]2C(=O)N3C(C(=O)[O-])=C(C[n+]4ccc(N)n4CCO)CS[C@H]23)ns1. The van der Waals surface area contributed by atoms with E-state index in [9.17, 15) is 29.0 Å². The lowest BCUT2D eigenvalue weighted by molar-refractivity contribution is -0.767. The van der Waals surface area contributed by atoms with E-state index in [-0.39, 0.29) is 42.1 Å². The van der Waals surface area contributed by atoms with Crippen molar-refractivity contribution in [3.05, 3.63) is 29.4 Å². The van der Waals surface area contributed by atoms with Gasteiger partial charge in [-0.1, -0.05) is 5.16 Å². The Morgan fingerprint density at radius 2 is 2.22 bits per heavy atom. The number of amides is 2. The maximum Gasteiger partial charge on any atom is 0.278 e. The second kappa shape index (κ2) is 10.5. The van der Waals surface area contributed by atoms with Crippen molar-refractivity contribution in [3.8, 4) is 0 Å². The number of aromatic nitrogens is 4. The Balaban J connectivity index is 1.54. The van der Waals surface area contributed by atoms with Crippen LogP contribution in [0.2, 0.25) is 0 Å². The molecule has 2 aliphatic heterocycles. The Bertz CT molecular complexity index is 1260. The first-order chi connectivity index (χ1) is 17.3. The van der Waals surface area contributed by atoms with Crippen molar-refractivity contribution in [3.63, 3.8) is 0 Å². The van der Waals surface area contributed by atoms with E-state index < -0.39 is 41.8 Å². The fraction of sp³-hybridized carbons (Fsp3) is 0.389. The van der Waals surface area contributed by atoms with Crippen LogP contribution in [0.15, 0.2) is 28.7 Å². The van der Waals surface area contributed by atoms with Crippen LogP contribution in [0.1, 0.15) is 5.82 Å². The van der Waals surface area contributed by atoms with E-state index >= 15 is 0 Å². The number of hydrogen-bond donors (Lipinski definition) is 4. The smallest absolute Gasteiger partial charge is 0.278 e. The van der Waals surface area contributed by atoms with Gasteiger partial charge in [0, 0.05) is 22.9 Å². The van der Waals surface area contributed by atoms with Gasteiger partial charge in [0.2, 0.25) is 11.5 Å². The summed E-state index contributed by atoms with van der Waals surface area (Å²) in [6.07, 6.45) is 1.63. The second-order valence-corrected chi connectivity index (χ2v) is 9.31. The van der Waals surface area contributed by atoms with Crippen LogP contribution in [-0.2, 0) is 32.3 Å². The number of aliphatic hydroxyl groups is 1. The molecule has 4 heterocycles. The normalized spacial score (nSPS) is 19.7. The van der Waals surface area contributed by atoms with Gasteiger partial charge in [-0.25, -0.2) is 4.39 Å². The van der Waals surface area contributed by atoms with Gasteiger partial charge in [0.25, 0.3) is 18.7 Å². The molecular formula is C18H20FN9O6S2. The largest absolute Gasteiger partial charge is 0.543 e. The number of alkyl halides is 1. The number of aliphatic hydroxyl groups excluding tert-OH is 1. The molecule has 192 valence electrons. The summed E-state index contributed by atoms with van der Waals surface area (Å²) in [4.78, 5) is 46.9. The average molecular weight is 542 g/mol. The van der Waals surface area contributed by atoms with Crippen molar-refractivity contribution in [1.29, 1.82) is 0 Å². The molecule has 2 aliphatic rings. The Hall–Kier alpha value is -3.77. The number of fused-ring (bicyclic) bond motifs is 1. The van der Waals surface area contributed by atoms with E-state index in [2.05, 4.69) is 24.7 Å². The van der Waals surface area contributed by atoms with E-state index in [1.165, 1.54) is 11.8 Å². The first-order valence-corrected chi connectivity index (χ1v) is 12.1. The van der Waals surface area contributed by atoms with Gasteiger partial charge in [0.05, 0.1) is 24.3 Å². The lowest BCUT2D eigenvalue weighted by Gasteiger charge is -2.50. The third-order valence-corrected chi connectivity index (χ3v) is 7.17. The predicted octanol–water partition coefficient (Wildman–Crippen LogP) is -3.46. The van der Waals surface area contributed by atoms with E-state index in [4.69, 9.17) is 11.5 Å². The zero-order chi connectivity index (χ0) is 26.0. The molecule has 36 heavy (non-hydrogen) atoms. The molecule has 0 aromatic carbocycles. The molecular weight excluding hydrogens is 521 g/mol. The molecule has 2 atom stereocenters. The number of nitrogens with two attached hydrogens (primary N) is 2. The molecule has 2 amide bonds. The molecule has 18 heteroatoms. The molecule has 6 N–H and O–H groups in total. The lowest BCUT2D eigenvalue weighted by atomic mass is 10.0. The molecule has 0 radical (unpaired) electrons. The van der Waals surface area contributed by atoms with E-state index in [1.54, 1.807) is 21.6 Å². The van der Waals surface area contributed by atoms with Gasteiger partial charge in [-0.3, -0.25) is 14.5 Å². The number of nitrogen functional groups attached to an aromatic ring is 2. The van der Waals surface area contributed by atoms with Crippen LogP contribution >= 0.6 is 23.3 Å². The fourth-order valence-corrected chi connectivity index (χ4v) is 5.54. The third-order valence-electron chi connectivity index (χ3n) is 5.29. The molecule has 2 aromatic rings. The lowest BCUT2D eigenvalue weighted by Crippen LogP contribution is -2.71. The molecule has 15 nitrogen and oxygen atoms in total. The van der Waals surface area contributed by atoms with Gasteiger partial charge in [-0.05, 0) is 0 Å². The summed E-state index contributed by atoms with van der Waals surface area (Å²) in [6.45, 7) is -1.23. The van der Waals surface area contributed by atoms with E-state index in [0.29, 0.717) is 11.4 Å². The minimum Gasteiger partial charge on any atom is -0.543 e. The monoisotopic (exact) mass is 541 g/mol. The third kappa shape index (κ3) is 4.69. The minimum atomic E-state index is -1.55. The van der Waals surface area contributed by atoms with Crippen molar-refractivity contribution in [2.75, 3.05) is 30.7 Å². The molecule has 1 saturated heterocycles. The fourth-order valence-electron chi connectivity index (χ4n) is 3.77. The molecule has 2 aromatic heterocycles. The van der Waals surface area contributed by atoms with Gasteiger partial charge < -0.3 is 36.6 Å². The van der Waals surface area contributed by atoms with Crippen LogP contribution in [0, 0.1) is 0 Å². The number of rotatable bonds is 10. The summed E-state index contributed by atoms with van der Waals surface area (Å²) in [5.41, 5.74) is 11.0. The standard InChI is InChI=1S/C18H20FN9O6S2/c19-7-34-24-10(13-23-18(21)36-25-13)14(30)22-11-15(31)28-12(17(32)33)8(6-35-16(11)28)5-26-2-1-9(20)27(26)3-4-29/h1-2,11,16,20,29H,3-7H2,(H4,21,22,23,25,30,32,33)/t11-,16-/m1/s1. The number of nitrogens with zero attached hydrogens (tertiary/aromatic N) is 6. The molecule has 0 bridgehead atoms. The van der Waals surface area contributed by atoms with Crippen molar-refractivity contribution < 1.29 is 38.5 Å². The molecule has 4 rings (SSSR count). The van der Waals surface area contributed by atoms with Gasteiger partial charge in [-0.2, -0.15) is 9.36 Å². The zero-order valence-electron chi connectivity index (χ0n) is 18.4. The topological polar surface area (TPSA) is 218 Å². The Labute approximate surface area is 210 Å². The number of halogens is 1. The number of aliphatic carboxylic acids is 1. The number of β-lactam (4-membered cyclic amide) rings is 1. The summed E-state index contributed by atoms with van der Waals surface area (Å²) < 4.78 is 19.5. The minimum absolute atomic E-state index is 0.0282. The molecule has 0 spiro atoms. The molecule has 1 fully saturated rings. The highest BCUT2D eigenvalue weighted by atomic mass is 32.2. The van der Waals surface area contributed by atoms with Crippen LogP contribution in [0.5, 0.6) is 0 Å². The number of hydrogen-bond acceptors (Lipinski definition) is 13. The van der Waals surface area contributed by atoms with E-state index in [0.717, 1.165) is 16.4 Å². The van der Waals surface area contributed by atoms with Crippen molar-refractivity contribution in [2.45, 2.75) is 24.5 Å². The number of carboxylic acid groups (broad SMARTS) is 1. The maximum absolute atomic E-state index is 12.9. The summed E-state index contributed by atoms with van der Waals surface area (Å²) in [5, 5.41) is 26.4. The van der Waals surface area contributed by atoms with Crippen LogP contribution in [0.25, 0.3) is 0 Å². The zero-order valence-corrected chi connectivity index (χ0v) is 20.0. The average Bonchev–Trinajstić information content (AvgIpc) is 3.43. The van der Waals surface area contributed by atoms with Crippen molar-refractivity contribution >= 4 is 57.7 Å². The van der Waals surface area contributed by atoms with Gasteiger partial charge in [0.15, 0.2) is 23.7 Å². The van der Waals surface area contributed by atoms with Crippen LogP contribution < -0.4 is 26.6 Å². The highest BCUT2D eigenvalue weighted by Crippen LogP contribution is 2.40. The highest BCUT2D eigenvalue weighted by Gasteiger charge is 2.53. The summed E-state index contributed by atoms with van der Waals surface area (Å²) in [6, 6.07) is 0.497. The van der Waals surface area contributed by atoms with Gasteiger partial charge in [-0.15, -0.1) is 21.1 Å². The number of carboxylic acids is 1. The number of nitrogens with one attached hydrogen (secondary N) is 1. The number of carbonyl (C=O) groups excluding carboxylic acids is 3. The number of anilines is 2. The Morgan fingerprint density at radius 1 is 1.44 bits per heavy atom. The first-order valence-electron chi connectivity index (χ1n) is 10.3. The van der Waals surface area contributed by atoms with E-state index in [1.807, 2.05) is 0 Å². The number of carbonyl (C=O) groups is 3. The van der Waals surface area contributed by atoms with Crippen LogP contribution in [0.4, 0.5) is 15.3 Å². The van der Waals surface area contributed by atoms with Gasteiger partial charge in [0.1, 0.15) is 18.0 Å². The molecule has 0 unspecified atom stereocenters. The maximum atomic E-state index is 12.9. The summed E-state index contributed by atoms with van der Waals surface area (Å²) >= 11 is 2.00. The quantitative estimate of drug-likeness (QED) is 0.100. The highest BCUT2D eigenvalue weighted by molar-refractivity contribution is 8.00.